The number of carbonyl (C=O) groups excluding carboxylic acids is 1. The highest BCUT2D eigenvalue weighted by Crippen LogP contribution is 2.20. The van der Waals surface area contributed by atoms with Gasteiger partial charge in [-0.1, -0.05) is 38.1 Å². The molecule has 1 amide bonds. The fourth-order valence-electron chi connectivity index (χ4n) is 3.45. The van der Waals surface area contributed by atoms with Crippen molar-refractivity contribution >= 4 is 16.8 Å². The predicted octanol–water partition coefficient (Wildman–Crippen LogP) is 2.97. The van der Waals surface area contributed by atoms with Gasteiger partial charge in [0.25, 0.3) is 0 Å². The van der Waals surface area contributed by atoms with E-state index in [0.717, 1.165) is 31.6 Å². The van der Waals surface area contributed by atoms with Crippen molar-refractivity contribution in [1.82, 2.24) is 15.2 Å². The van der Waals surface area contributed by atoms with Crippen molar-refractivity contribution in [2.75, 3.05) is 13.1 Å². The number of aromatic nitrogens is 1. The number of nitrogens with zero attached hydrogens (tertiary/aromatic N) is 2. The number of likely N-dealkylation sites (tertiary alicyclic amines) is 1. The molecule has 0 spiro atoms. The normalized spacial score (nSPS) is 21.6. The molecule has 4 heteroatoms. The standard InChI is InChI=1S/C19H25N3O/c1-3-18(23)22-11-9-17(14(2)13-22)21-12-16-7-4-6-15-8-5-10-20-19(15)16/h4-8,10,14,17,21H,3,9,11-13H2,1-2H3/t14-,17+/m1/s1. The molecule has 2 atom stereocenters. The predicted molar refractivity (Wildman–Crippen MR) is 93.0 cm³/mol. The first kappa shape index (κ1) is 15.9. The molecule has 122 valence electrons. The van der Waals surface area contributed by atoms with Gasteiger partial charge in [0.05, 0.1) is 5.52 Å². The van der Waals surface area contributed by atoms with Gasteiger partial charge in [0.2, 0.25) is 5.91 Å². The van der Waals surface area contributed by atoms with Gasteiger partial charge in [-0.25, -0.2) is 0 Å². The van der Waals surface area contributed by atoms with Crippen molar-refractivity contribution in [3.8, 4) is 0 Å². The summed E-state index contributed by atoms with van der Waals surface area (Å²) in [6, 6.07) is 10.9. The summed E-state index contributed by atoms with van der Waals surface area (Å²) < 4.78 is 0. The summed E-state index contributed by atoms with van der Waals surface area (Å²) in [4.78, 5) is 18.4. The van der Waals surface area contributed by atoms with Gasteiger partial charge in [0.15, 0.2) is 0 Å². The number of benzene rings is 1. The molecule has 4 nitrogen and oxygen atoms in total. The van der Waals surface area contributed by atoms with Gasteiger partial charge in [-0.15, -0.1) is 0 Å². The molecule has 0 aliphatic carbocycles. The largest absolute Gasteiger partial charge is 0.342 e. The lowest BCUT2D eigenvalue weighted by atomic mass is 9.93. The zero-order valence-electron chi connectivity index (χ0n) is 14.0. The highest BCUT2D eigenvalue weighted by atomic mass is 16.2. The molecule has 2 aromatic rings. The number of para-hydroxylation sites is 1. The second kappa shape index (κ2) is 7.09. The number of amides is 1. The number of pyridine rings is 1. The van der Waals surface area contributed by atoms with Crippen LogP contribution in [-0.2, 0) is 11.3 Å². The van der Waals surface area contributed by atoms with E-state index in [1.807, 2.05) is 24.1 Å². The highest BCUT2D eigenvalue weighted by Gasteiger charge is 2.27. The summed E-state index contributed by atoms with van der Waals surface area (Å²) in [7, 11) is 0. The molecule has 0 unspecified atom stereocenters. The van der Waals surface area contributed by atoms with Crippen LogP contribution in [0.15, 0.2) is 36.5 Å². The van der Waals surface area contributed by atoms with E-state index in [0.29, 0.717) is 18.4 Å². The third-order valence-corrected chi connectivity index (χ3v) is 4.83. The number of hydrogen-bond donors (Lipinski definition) is 1. The quantitative estimate of drug-likeness (QED) is 0.944. The van der Waals surface area contributed by atoms with E-state index in [4.69, 9.17) is 0 Å². The van der Waals surface area contributed by atoms with E-state index >= 15 is 0 Å². The van der Waals surface area contributed by atoms with Crippen LogP contribution in [0.5, 0.6) is 0 Å². The molecule has 1 N–H and O–H groups in total. The summed E-state index contributed by atoms with van der Waals surface area (Å²) in [5.41, 5.74) is 2.32. The molecular formula is C19H25N3O. The fraction of sp³-hybridized carbons (Fsp3) is 0.474. The number of piperidine rings is 1. The molecule has 1 aromatic heterocycles. The molecule has 3 rings (SSSR count). The lowest BCUT2D eigenvalue weighted by Gasteiger charge is -2.37. The topological polar surface area (TPSA) is 45.2 Å². The zero-order chi connectivity index (χ0) is 16.2. The molecule has 0 bridgehead atoms. The Morgan fingerprint density at radius 3 is 2.96 bits per heavy atom. The highest BCUT2D eigenvalue weighted by molar-refractivity contribution is 5.81. The monoisotopic (exact) mass is 311 g/mol. The van der Waals surface area contributed by atoms with Crippen molar-refractivity contribution in [2.24, 2.45) is 5.92 Å². The number of fused-ring (bicyclic) bond motifs is 1. The van der Waals surface area contributed by atoms with Crippen LogP contribution in [0.3, 0.4) is 0 Å². The van der Waals surface area contributed by atoms with Crippen molar-refractivity contribution in [2.45, 2.75) is 39.3 Å². The SMILES string of the molecule is CCC(=O)N1CC[C@H](NCc2cccc3cccnc23)[C@H](C)C1. The minimum absolute atomic E-state index is 0.272. The molecule has 2 heterocycles. The lowest BCUT2D eigenvalue weighted by molar-refractivity contribution is -0.132. The second-order valence-corrected chi connectivity index (χ2v) is 6.44. The number of nitrogens with one attached hydrogen (secondary N) is 1. The Hall–Kier alpha value is -1.94. The average Bonchev–Trinajstić information content (AvgIpc) is 2.60. The van der Waals surface area contributed by atoms with E-state index in [-0.39, 0.29) is 5.91 Å². The molecular weight excluding hydrogens is 286 g/mol. The van der Waals surface area contributed by atoms with Crippen molar-refractivity contribution in [3.05, 3.63) is 42.1 Å². The molecule has 1 fully saturated rings. The van der Waals surface area contributed by atoms with Crippen LogP contribution in [0.25, 0.3) is 10.9 Å². The summed E-state index contributed by atoms with van der Waals surface area (Å²) in [5.74, 6) is 0.746. The maximum absolute atomic E-state index is 11.8. The van der Waals surface area contributed by atoms with Crippen LogP contribution in [0.4, 0.5) is 0 Å². The van der Waals surface area contributed by atoms with E-state index in [2.05, 4.69) is 41.5 Å². The second-order valence-electron chi connectivity index (χ2n) is 6.44. The van der Waals surface area contributed by atoms with Crippen molar-refractivity contribution in [3.63, 3.8) is 0 Å². The first-order valence-corrected chi connectivity index (χ1v) is 8.52. The molecule has 0 saturated carbocycles. The van der Waals surface area contributed by atoms with E-state index in [1.165, 1.54) is 10.9 Å². The Morgan fingerprint density at radius 2 is 2.17 bits per heavy atom. The van der Waals surface area contributed by atoms with Gasteiger partial charge in [-0.05, 0) is 24.0 Å². The van der Waals surface area contributed by atoms with Crippen molar-refractivity contribution < 1.29 is 4.79 Å². The maximum atomic E-state index is 11.8. The zero-order valence-corrected chi connectivity index (χ0v) is 14.0. The summed E-state index contributed by atoms with van der Waals surface area (Å²) in [6.45, 7) is 6.71. The minimum atomic E-state index is 0.272. The van der Waals surface area contributed by atoms with Gasteiger partial charge < -0.3 is 10.2 Å². The molecule has 1 aliphatic rings. The first-order valence-electron chi connectivity index (χ1n) is 8.52. The van der Waals surface area contributed by atoms with Crippen LogP contribution >= 0.6 is 0 Å². The molecule has 1 aromatic carbocycles. The van der Waals surface area contributed by atoms with E-state index in [9.17, 15) is 4.79 Å². The van der Waals surface area contributed by atoms with Crippen LogP contribution in [0.2, 0.25) is 0 Å². The van der Waals surface area contributed by atoms with E-state index in [1.54, 1.807) is 0 Å². The van der Waals surface area contributed by atoms with Crippen LogP contribution in [-0.4, -0.2) is 34.9 Å². The first-order chi connectivity index (χ1) is 11.2. The minimum Gasteiger partial charge on any atom is -0.342 e. The summed E-state index contributed by atoms with van der Waals surface area (Å²) in [5, 5.41) is 4.86. The number of carbonyl (C=O) groups is 1. The number of hydrogen-bond acceptors (Lipinski definition) is 3. The number of rotatable bonds is 4. The Labute approximate surface area is 137 Å². The molecule has 0 radical (unpaired) electrons. The summed E-state index contributed by atoms with van der Waals surface area (Å²) in [6.07, 6.45) is 3.47. The van der Waals surface area contributed by atoms with Crippen LogP contribution in [0, 0.1) is 5.92 Å². The Balaban J connectivity index is 1.63. The fourth-order valence-corrected chi connectivity index (χ4v) is 3.45. The molecule has 23 heavy (non-hydrogen) atoms. The van der Waals surface area contributed by atoms with Crippen LogP contribution < -0.4 is 5.32 Å². The third-order valence-electron chi connectivity index (χ3n) is 4.83. The van der Waals surface area contributed by atoms with Crippen LogP contribution in [0.1, 0.15) is 32.3 Å². The van der Waals surface area contributed by atoms with Gasteiger partial charge in [0.1, 0.15) is 0 Å². The third kappa shape index (κ3) is 3.53. The van der Waals surface area contributed by atoms with E-state index < -0.39 is 0 Å². The molecule has 1 saturated heterocycles. The Morgan fingerprint density at radius 1 is 1.35 bits per heavy atom. The summed E-state index contributed by atoms with van der Waals surface area (Å²) >= 11 is 0. The van der Waals surface area contributed by atoms with Crippen molar-refractivity contribution in [1.29, 1.82) is 0 Å². The van der Waals surface area contributed by atoms with Gasteiger partial charge in [-0.2, -0.15) is 0 Å². The Bertz CT molecular complexity index is 680. The smallest absolute Gasteiger partial charge is 0.222 e. The maximum Gasteiger partial charge on any atom is 0.222 e. The molecule has 1 aliphatic heterocycles. The van der Waals surface area contributed by atoms with Gasteiger partial charge in [0, 0.05) is 43.7 Å². The average molecular weight is 311 g/mol. The lowest BCUT2D eigenvalue weighted by Crippen LogP contribution is -2.49. The van der Waals surface area contributed by atoms with Gasteiger partial charge in [-0.3, -0.25) is 9.78 Å². The van der Waals surface area contributed by atoms with Gasteiger partial charge >= 0.3 is 0 Å². The Kier molecular flexibility index (Phi) is 4.91.